The average Bonchev–Trinajstić information content (AvgIpc) is 2.81. The number of hydrogen-bond donors (Lipinski definition) is 1. The first-order valence-electron chi connectivity index (χ1n) is 10.3. The Morgan fingerprint density at radius 2 is 1.39 bits per heavy atom. The lowest BCUT2D eigenvalue weighted by Gasteiger charge is -2.47. The van der Waals surface area contributed by atoms with Crippen LogP contribution in [0.5, 0.6) is 5.75 Å². The highest BCUT2D eigenvalue weighted by Crippen LogP contribution is 2.45. The molecule has 31 heavy (non-hydrogen) atoms. The normalized spacial score (nSPS) is 17.8. The van der Waals surface area contributed by atoms with E-state index in [2.05, 4.69) is 0 Å². The standard InChI is InChI=1S/C26H23NO4/c28-16-19-4-10-21(11-5-19)25-24(3-1-2-18-8-14-23(30)15-9-18)26(31)27(25)22-12-6-20(17-29)7-13-22/h4-17,24-25,30H,1-3H2/t24-,25-/m1/s1. The maximum absolute atomic E-state index is 13.1. The third kappa shape index (κ3) is 4.26. The van der Waals surface area contributed by atoms with Crippen LogP contribution in [0.1, 0.15) is 50.7 Å². The molecule has 3 aromatic carbocycles. The first-order chi connectivity index (χ1) is 15.1. The molecule has 156 valence electrons. The zero-order valence-corrected chi connectivity index (χ0v) is 17.0. The number of β-lactam (4-membered cyclic amide) rings is 1. The average molecular weight is 413 g/mol. The molecule has 3 aromatic rings. The monoisotopic (exact) mass is 413 g/mol. The number of carbonyl (C=O) groups is 3. The van der Waals surface area contributed by atoms with Gasteiger partial charge in [-0.25, -0.2) is 0 Å². The van der Waals surface area contributed by atoms with Crippen molar-refractivity contribution in [1.29, 1.82) is 0 Å². The molecule has 1 heterocycles. The minimum Gasteiger partial charge on any atom is -0.508 e. The number of phenols is 1. The SMILES string of the molecule is O=Cc1ccc([C@@H]2[C@@H](CCCc3ccc(O)cc3)C(=O)N2c2ccc(C=O)cc2)cc1. The molecule has 2 atom stereocenters. The Balaban J connectivity index is 1.54. The van der Waals surface area contributed by atoms with Crippen LogP contribution in [-0.4, -0.2) is 23.6 Å². The van der Waals surface area contributed by atoms with Crippen molar-refractivity contribution in [3.05, 3.63) is 95.1 Å². The van der Waals surface area contributed by atoms with Crippen LogP contribution in [0.15, 0.2) is 72.8 Å². The summed E-state index contributed by atoms with van der Waals surface area (Å²) in [6, 6.07) is 21.4. The number of benzene rings is 3. The van der Waals surface area contributed by atoms with Crippen LogP contribution in [-0.2, 0) is 11.2 Å². The highest BCUT2D eigenvalue weighted by atomic mass is 16.3. The van der Waals surface area contributed by atoms with Gasteiger partial charge in [0.05, 0.1) is 12.0 Å². The zero-order valence-electron chi connectivity index (χ0n) is 17.0. The smallest absolute Gasteiger partial charge is 0.233 e. The fourth-order valence-electron chi connectivity index (χ4n) is 4.17. The van der Waals surface area contributed by atoms with E-state index >= 15 is 0 Å². The lowest BCUT2D eigenvalue weighted by Crippen LogP contribution is -2.55. The van der Waals surface area contributed by atoms with Gasteiger partial charge in [-0.1, -0.05) is 36.4 Å². The lowest BCUT2D eigenvalue weighted by atomic mass is 9.78. The number of phenolic OH excluding ortho intramolecular Hbond substituents is 1. The number of aromatic hydroxyl groups is 1. The van der Waals surface area contributed by atoms with E-state index in [1.807, 2.05) is 24.3 Å². The van der Waals surface area contributed by atoms with Gasteiger partial charge in [-0.05, 0) is 66.8 Å². The van der Waals surface area contributed by atoms with Crippen molar-refractivity contribution in [3.63, 3.8) is 0 Å². The van der Waals surface area contributed by atoms with Gasteiger partial charge in [-0.2, -0.15) is 0 Å². The highest BCUT2D eigenvalue weighted by molar-refractivity contribution is 6.03. The molecule has 1 aliphatic rings. The van der Waals surface area contributed by atoms with Gasteiger partial charge in [0, 0.05) is 16.8 Å². The Kier molecular flexibility index (Phi) is 5.94. The molecule has 1 saturated heterocycles. The van der Waals surface area contributed by atoms with Crippen molar-refractivity contribution >= 4 is 24.2 Å². The van der Waals surface area contributed by atoms with E-state index in [1.54, 1.807) is 53.4 Å². The van der Waals surface area contributed by atoms with Gasteiger partial charge in [0.2, 0.25) is 5.91 Å². The number of anilines is 1. The molecule has 0 bridgehead atoms. The van der Waals surface area contributed by atoms with E-state index in [0.29, 0.717) is 11.1 Å². The van der Waals surface area contributed by atoms with E-state index in [-0.39, 0.29) is 23.6 Å². The maximum Gasteiger partial charge on any atom is 0.233 e. The fourth-order valence-corrected chi connectivity index (χ4v) is 4.17. The molecule has 1 fully saturated rings. The maximum atomic E-state index is 13.1. The van der Waals surface area contributed by atoms with Crippen LogP contribution in [0.25, 0.3) is 0 Å². The van der Waals surface area contributed by atoms with Gasteiger partial charge in [0.15, 0.2) is 0 Å². The molecule has 4 rings (SSSR count). The third-order valence-electron chi connectivity index (χ3n) is 5.85. The van der Waals surface area contributed by atoms with Crippen LogP contribution in [0.2, 0.25) is 0 Å². The number of carbonyl (C=O) groups excluding carboxylic acids is 3. The van der Waals surface area contributed by atoms with E-state index in [0.717, 1.165) is 48.6 Å². The molecule has 1 amide bonds. The Labute approximate surface area is 180 Å². The number of aldehydes is 2. The molecule has 1 aliphatic heterocycles. The molecule has 5 heteroatoms. The highest BCUT2D eigenvalue weighted by Gasteiger charge is 2.48. The summed E-state index contributed by atoms with van der Waals surface area (Å²) in [4.78, 5) is 36.8. The predicted octanol–water partition coefficient (Wildman–Crippen LogP) is 4.74. The van der Waals surface area contributed by atoms with E-state index in [9.17, 15) is 19.5 Å². The predicted molar refractivity (Wildman–Crippen MR) is 118 cm³/mol. The summed E-state index contributed by atoms with van der Waals surface area (Å²) in [6.07, 6.45) is 4.00. The molecule has 5 nitrogen and oxygen atoms in total. The quantitative estimate of drug-likeness (QED) is 0.427. The summed E-state index contributed by atoms with van der Waals surface area (Å²) in [5, 5.41) is 9.43. The van der Waals surface area contributed by atoms with Crippen molar-refractivity contribution < 1.29 is 19.5 Å². The summed E-state index contributed by atoms with van der Waals surface area (Å²) in [5.41, 5.74) is 4.03. The molecule has 0 radical (unpaired) electrons. The Bertz CT molecular complexity index is 1070. The van der Waals surface area contributed by atoms with Gasteiger partial charge < -0.3 is 10.0 Å². The van der Waals surface area contributed by atoms with Crippen LogP contribution < -0.4 is 4.90 Å². The molecular formula is C26H23NO4. The fraction of sp³-hybridized carbons (Fsp3) is 0.192. The number of rotatable bonds is 8. The lowest BCUT2D eigenvalue weighted by molar-refractivity contribution is -0.130. The molecule has 0 saturated carbocycles. The van der Waals surface area contributed by atoms with Crippen LogP contribution in [0.3, 0.4) is 0 Å². The summed E-state index contributed by atoms with van der Waals surface area (Å²) in [7, 11) is 0. The van der Waals surface area contributed by atoms with E-state index in [4.69, 9.17) is 0 Å². The number of hydrogen-bond acceptors (Lipinski definition) is 4. The second-order valence-electron chi connectivity index (χ2n) is 7.81. The first-order valence-corrected chi connectivity index (χ1v) is 10.3. The molecule has 0 aliphatic carbocycles. The van der Waals surface area contributed by atoms with Crippen LogP contribution >= 0.6 is 0 Å². The Morgan fingerprint density at radius 1 is 0.806 bits per heavy atom. The van der Waals surface area contributed by atoms with Crippen molar-refractivity contribution in [2.24, 2.45) is 5.92 Å². The van der Waals surface area contributed by atoms with Gasteiger partial charge >= 0.3 is 0 Å². The first kappa shape index (κ1) is 20.5. The van der Waals surface area contributed by atoms with Crippen LogP contribution in [0.4, 0.5) is 5.69 Å². The molecule has 0 aromatic heterocycles. The van der Waals surface area contributed by atoms with E-state index in [1.165, 1.54) is 0 Å². The van der Waals surface area contributed by atoms with Gasteiger partial charge in [0.1, 0.15) is 18.3 Å². The minimum atomic E-state index is -0.148. The second-order valence-corrected chi connectivity index (χ2v) is 7.81. The summed E-state index contributed by atoms with van der Waals surface area (Å²) in [5.74, 6) is 0.159. The van der Waals surface area contributed by atoms with Gasteiger partial charge in [-0.3, -0.25) is 14.4 Å². The second kappa shape index (κ2) is 8.96. The molecule has 0 unspecified atom stereocenters. The Hall–Kier alpha value is -3.73. The molecular weight excluding hydrogens is 390 g/mol. The minimum absolute atomic E-state index is 0.0639. The number of aryl methyl sites for hydroxylation is 1. The molecule has 0 spiro atoms. The van der Waals surface area contributed by atoms with Crippen LogP contribution in [0, 0.1) is 5.92 Å². The van der Waals surface area contributed by atoms with Crippen molar-refractivity contribution in [1.82, 2.24) is 0 Å². The van der Waals surface area contributed by atoms with Gasteiger partial charge in [0.25, 0.3) is 0 Å². The molecule has 1 N–H and O–H groups in total. The summed E-state index contributed by atoms with van der Waals surface area (Å²) in [6.45, 7) is 0. The summed E-state index contributed by atoms with van der Waals surface area (Å²) < 4.78 is 0. The largest absolute Gasteiger partial charge is 0.508 e. The van der Waals surface area contributed by atoms with Gasteiger partial charge in [-0.15, -0.1) is 0 Å². The third-order valence-corrected chi connectivity index (χ3v) is 5.85. The summed E-state index contributed by atoms with van der Waals surface area (Å²) >= 11 is 0. The van der Waals surface area contributed by atoms with Crippen molar-refractivity contribution in [2.45, 2.75) is 25.3 Å². The zero-order chi connectivity index (χ0) is 21.8. The van der Waals surface area contributed by atoms with Crippen molar-refractivity contribution in [2.75, 3.05) is 4.90 Å². The number of amides is 1. The Morgan fingerprint density at radius 3 is 1.97 bits per heavy atom. The van der Waals surface area contributed by atoms with Crippen molar-refractivity contribution in [3.8, 4) is 5.75 Å². The number of nitrogens with zero attached hydrogens (tertiary/aromatic N) is 1. The topological polar surface area (TPSA) is 74.7 Å². The van der Waals surface area contributed by atoms with E-state index < -0.39 is 0 Å².